The summed E-state index contributed by atoms with van der Waals surface area (Å²) in [4.78, 5) is 12.2. The van der Waals surface area contributed by atoms with E-state index >= 15 is 0 Å². The maximum absolute atomic E-state index is 12.2. The molecule has 0 aliphatic carbocycles. The Morgan fingerprint density at radius 2 is 2.16 bits per heavy atom. The lowest BCUT2D eigenvalue weighted by Gasteiger charge is -2.31. The van der Waals surface area contributed by atoms with Gasteiger partial charge in [-0.05, 0) is 24.5 Å². The molecule has 1 aromatic rings. The number of benzene rings is 1. The Morgan fingerprint density at radius 3 is 2.84 bits per heavy atom. The zero-order chi connectivity index (χ0) is 13.8. The number of carbonyl (C=O) groups is 1. The van der Waals surface area contributed by atoms with Crippen molar-refractivity contribution in [2.45, 2.75) is 45.7 Å². The van der Waals surface area contributed by atoms with Gasteiger partial charge in [-0.3, -0.25) is 4.79 Å². The van der Waals surface area contributed by atoms with Crippen LogP contribution in [-0.2, 0) is 17.8 Å². The second-order valence-electron chi connectivity index (χ2n) is 5.87. The first kappa shape index (κ1) is 12.6. The summed E-state index contributed by atoms with van der Waals surface area (Å²) in [5.74, 6) is -0.300. The molecule has 19 heavy (non-hydrogen) atoms. The van der Waals surface area contributed by atoms with E-state index in [-0.39, 0.29) is 18.3 Å². The molecule has 0 spiro atoms. The molecule has 4 nitrogen and oxygen atoms in total. The minimum atomic E-state index is -1.14. The average molecular weight is 262 g/mol. The first-order chi connectivity index (χ1) is 8.89. The van der Waals surface area contributed by atoms with E-state index in [4.69, 9.17) is 9.47 Å². The zero-order valence-corrected chi connectivity index (χ0v) is 11.4. The quantitative estimate of drug-likeness (QED) is 0.841. The highest BCUT2D eigenvalue weighted by atomic mass is 16.6. The monoisotopic (exact) mass is 262 g/mol. The number of ketones is 1. The van der Waals surface area contributed by atoms with Crippen molar-refractivity contribution in [1.82, 2.24) is 0 Å². The standard InChI is InChI=1S/C15H18O4/c1-8(2)13-12(16)10-5-4-9-6-15(3,17)18-7-11(9)14(10)19-13/h4-5,8,13,17H,6-7H2,1-3H3/t13-,15+/m0/s1. The number of rotatable bonds is 1. The summed E-state index contributed by atoms with van der Waals surface area (Å²) in [5, 5.41) is 9.93. The van der Waals surface area contributed by atoms with Crippen LogP contribution < -0.4 is 4.74 Å². The molecular weight excluding hydrogens is 244 g/mol. The molecule has 0 radical (unpaired) electrons. The number of aliphatic hydroxyl groups is 1. The van der Waals surface area contributed by atoms with Crippen LogP contribution in [0.2, 0.25) is 0 Å². The summed E-state index contributed by atoms with van der Waals surface area (Å²) in [6.45, 7) is 5.88. The smallest absolute Gasteiger partial charge is 0.207 e. The van der Waals surface area contributed by atoms with E-state index in [9.17, 15) is 9.90 Å². The van der Waals surface area contributed by atoms with E-state index in [0.717, 1.165) is 11.1 Å². The minimum absolute atomic E-state index is 0.0464. The Hall–Kier alpha value is -1.39. The highest BCUT2D eigenvalue weighted by Gasteiger charge is 2.39. The van der Waals surface area contributed by atoms with E-state index in [0.29, 0.717) is 17.7 Å². The van der Waals surface area contributed by atoms with Gasteiger partial charge < -0.3 is 14.6 Å². The fourth-order valence-corrected chi connectivity index (χ4v) is 2.73. The Bertz CT molecular complexity index is 545. The van der Waals surface area contributed by atoms with E-state index in [1.54, 1.807) is 13.0 Å². The maximum Gasteiger partial charge on any atom is 0.207 e. The van der Waals surface area contributed by atoms with Gasteiger partial charge in [0.25, 0.3) is 0 Å². The second-order valence-corrected chi connectivity index (χ2v) is 5.87. The van der Waals surface area contributed by atoms with Crippen LogP contribution in [-0.4, -0.2) is 22.8 Å². The van der Waals surface area contributed by atoms with Gasteiger partial charge in [-0.15, -0.1) is 0 Å². The predicted molar refractivity (Wildman–Crippen MR) is 69.1 cm³/mol. The van der Waals surface area contributed by atoms with Crippen LogP contribution in [0, 0.1) is 5.92 Å². The van der Waals surface area contributed by atoms with Crippen molar-refractivity contribution in [1.29, 1.82) is 0 Å². The summed E-state index contributed by atoms with van der Waals surface area (Å²) in [5.41, 5.74) is 2.54. The van der Waals surface area contributed by atoms with E-state index in [2.05, 4.69) is 0 Å². The summed E-state index contributed by atoms with van der Waals surface area (Å²) in [7, 11) is 0. The van der Waals surface area contributed by atoms with Gasteiger partial charge in [-0.2, -0.15) is 0 Å². The lowest BCUT2D eigenvalue weighted by molar-refractivity contribution is -0.204. The third-order valence-corrected chi connectivity index (χ3v) is 3.78. The highest BCUT2D eigenvalue weighted by molar-refractivity contribution is 6.05. The number of fused-ring (bicyclic) bond motifs is 3. The zero-order valence-electron chi connectivity index (χ0n) is 11.4. The molecule has 2 atom stereocenters. The Labute approximate surface area is 112 Å². The van der Waals surface area contributed by atoms with Crippen LogP contribution in [0.1, 0.15) is 42.3 Å². The number of hydrogen-bond donors (Lipinski definition) is 1. The largest absolute Gasteiger partial charge is 0.481 e. The average Bonchev–Trinajstić information content (AvgIpc) is 2.65. The molecule has 2 aliphatic rings. The molecule has 0 amide bonds. The predicted octanol–water partition coefficient (Wildman–Crippen LogP) is 2.07. The van der Waals surface area contributed by atoms with Gasteiger partial charge >= 0.3 is 0 Å². The van der Waals surface area contributed by atoms with Gasteiger partial charge in [0, 0.05) is 12.0 Å². The van der Waals surface area contributed by atoms with Crippen LogP contribution in [0.4, 0.5) is 0 Å². The lowest BCUT2D eigenvalue weighted by atomic mass is 9.93. The molecule has 0 unspecified atom stereocenters. The summed E-state index contributed by atoms with van der Waals surface area (Å²) in [6.07, 6.45) is 0.0170. The van der Waals surface area contributed by atoms with E-state index < -0.39 is 11.9 Å². The number of carbonyl (C=O) groups excluding carboxylic acids is 1. The minimum Gasteiger partial charge on any atom is -0.481 e. The molecule has 4 heteroatoms. The normalized spacial score (nSPS) is 29.1. The molecule has 0 aromatic heterocycles. The summed E-state index contributed by atoms with van der Waals surface area (Å²) < 4.78 is 11.2. The fourth-order valence-electron chi connectivity index (χ4n) is 2.73. The molecule has 2 heterocycles. The summed E-state index contributed by atoms with van der Waals surface area (Å²) >= 11 is 0. The van der Waals surface area contributed by atoms with Gasteiger partial charge in [0.05, 0.1) is 12.2 Å². The number of Topliss-reactive ketones (excluding diaryl/α,β-unsaturated/α-hetero) is 1. The number of hydrogen-bond acceptors (Lipinski definition) is 4. The van der Waals surface area contributed by atoms with E-state index in [1.807, 2.05) is 19.9 Å². The van der Waals surface area contributed by atoms with Crippen molar-refractivity contribution >= 4 is 5.78 Å². The fraction of sp³-hybridized carbons (Fsp3) is 0.533. The molecule has 102 valence electrons. The first-order valence-corrected chi connectivity index (χ1v) is 6.61. The topological polar surface area (TPSA) is 55.8 Å². The van der Waals surface area contributed by atoms with Crippen molar-refractivity contribution in [3.63, 3.8) is 0 Å². The van der Waals surface area contributed by atoms with Crippen molar-refractivity contribution < 1.29 is 19.4 Å². The third-order valence-electron chi connectivity index (χ3n) is 3.78. The maximum atomic E-state index is 12.2. The molecule has 2 aliphatic heterocycles. The van der Waals surface area contributed by atoms with Crippen LogP contribution in [0.3, 0.4) is 0 Å². The van der Waals surface area contributed by atoms with Crippen LogP contribution in [0.15, 0.2) is 12.1 Å². The Balaban J connectivity index is 2.04. The van der Waals surface area contributed by atoms with Gasteiger partial charge in [-0.1, -0.05) is 19.9 Å². The molecule has 3 rings (SSSR count). The van der Waals surface area contributed by atoms with Crippen LogP contribution in [0.5, 0.6) is 5.75 Å². The van der Waals surface area contributed by atoms with Gasteiger partial charge in [-0.25, -0.2) is 0 Å². The van der Waals surface area contributed by atoms with Crippen molar-refractivity contribution in [3.8, 4) is 5.75 Å². The van der Waals surface area contributed by atoms with Gasteiger partial charge in [0.15, 0.2) is 11.9 Å². The van der Waals surface area contributed by atoms with Gasteiger partial charge in [0.2, 0.25) is 5.78 Å². The first-order valence-electron chi connectivity index (χ1n) is 6.61. The second kappa shape index (κ2) is 4.05. The SMILES string of the molecule is CC(C)[C@@H]1Oc2c(ccc3c2CO[C@@](C)(O)C3)C1=O. The van der Waals surface area contributed by atoms with Crippen molar-refractivity contribution in [2.24, 2.45) is 5.92 Å². The molecule has 0 saturated heterocycles. The van der Waals surface area contributed by atoms with Crippen molar-refractivity contribution in [3.05, 3.63) is 28.8 Å². The Kier molecular flexibility index (Phi) is 2.69. The lowest BCUT2D eigenvalue weighted by Crippen LogP contribution is -2.35. The molecule has 1 N–H and O–H groups in total. The molecule has 0 fully saturated rings. The van der Waals surface area contributed by atoms with Crippen molar-refractivity contribution in [2.75, 3.05) is 0 Å². The Morgan fingerprint density at radius 1 is 1.42 bits per heavy atom. The van der Waals surface area contributed by atoms with Crippen LogP contribution >= 0.6 is 0 Å². The van der Waals surface area contributed by atoms with E-state index in [1.165, 1.54) is 0 Å². The molecule has 0 bridgehead atoms. The molecule has 0 saturated carbocycles. The molecule has 1 aromatic carbocycles. The number of ether oxygens (including phenoxy) is 2. The summed E-state index contributed by atoms with van der Waals surface area (Å²) in [6, 6.07) is 3.70. The molecular formula is C15H18O4. The third kappa shape index (κ3) is 1.95. The highest BCUT2D eigenvalue weighted by Crippen LogP contribution is 2.40. The van der Waals surface area contributed by atoms with Gasteiger partial charge in [0.1, 0.15) is 5.75 Å². The van der Waals surface area contributed by atoms with Crippen LogP contribution in [0.25, 0.3) is 0 Å².